The number of rotatable bonds is 6. The fourth-order valence-corrected chi connectivity index (χ4v) is 5.00. The van der Waals surface area contributed by atoms with Gasteiger partial charge in [0.2, 0.25) is 0 Å². The van der Waals surface area contributed by atoms with Crippen molar-refractivity contribution in [2.75, 3.05) is 0 Å². The molecule has 0 aromatic heterocycles. The van der Waals surface area contributed by atoms with Crippen LogP contribution in [-0.2, 0) is 19.1 Å². The van der Waals surface area contributed by atoms with E-state index in [2.05, 4.69) is 12.2 Å². The molecule has 1 saturated heterocycles. The first-order valence-electron chi connectivity index (χ1n) is 14.1. The van der Waals surface area contributed by atoms with Gasteiger partial charge in [0.1, 0.15) is 12.2 Å². The Labute approximate surface area is 217 Å². The van der Waals surface area contributed by atoms with Crippen LogP contribution in [0, 0.1) is 29.1 Å². The van der Waals surface area contributed by atoms with E-state index in [9.17, 15) is 14.7 Å². The summed E-state index contributed by atoms with van der Waals surface area (Å²) in [7, 11) is 0. The Bertz CT molecular complexity index is 885. The van der Waals surface area contributed by atoms with Crippen molar-refractivity contribution in [3.05, 3.63) is 23.8 Å². The Morgan fingerprint density at radius 1 is 1.32 bits per heavy atom. The Balaban J connectivity index is 0.00000481. The van der Waals surface area contributed by atoms with Gasteiger partial charge in [0.25, 0.3) is 0 Å². The van der Waals surface area contributed by atoms with E-state index in [4.69, 9.17) is 17.7 Å². The van der Waals surface area contributed by atoms with Gasteiger partial charge < -0.3 is 14.6 Å². The van der Waals surface area contributed by atoms with Crippen molar-refractivity contribution in [3.8, 4) is 0 Å². The molecular formula is C25H37NaO5. The zero-order valence-corrected chi connectivity index (χ0v) is 21.1. The fourth-order valence-electron chi connectivity index (χ4n) is 5.00. The summed E-state index contributed by atoms with van der Waals surface area (Å²) >= 11 is 0. The van der Waals surface area contributed by atoms with E-state index in [1.807, 2.05) is 19.9 Å². The first kappa shape index (κ1) is 18.8. The maximum atomic E-state index is 13.4. The fraction of sp³-hybridized carbons (Fsp3) is 0.760. The van der Waals surface area contributed by atoms with Crippen LogP contribution in [-0.4, -0.2) is 30.3 Å². The van der Waals surface area contributed by atoms with Crippen molar-refractivity contribution < 1.29 is 62.0 Å². The van der Waals surface area contributed by atoms with E-state index in [1.165, 1.54) is 6.92 Å². The molecule has 0 unspecified atom stereocenters. The van der Waals surface area contributed by atoms with Crippen LogP contribution in [0.5, 0.6) is 0 Å². The molecule has 168 valence electrons. The summed E-state index contributed by atoms with van der Waals surface area (Å²) in [5, 5.41) is 11.9. The van der Waals surface area contributed by atoms with Gasteiger partial charge in [0.05, 0.1) is 5.41 Å². The molecule has 31 heavy (non-hydrogen) atoms. The van der Waals surface area contributed by atoms with E-state index >= 15 is 0 Å². The zero-order chi connectivity index (χ0) is 27.1. The van der Waals surface area contributed by atoms with Gasteiger partial charge in [-0.25, -0.2) is 0 Å². The van der Waals surface area contributed by atoms with E-state index in [0.29, 0.717) is 19.3 Å². The molecule has 0 saturated carbocycles. The first-order valence-corrected chi connectivity index (χ1v) is 11.1. The van der Waals surface area contributed by atoms with Crippen LogP contribution in [0.15, 0.2) is 23.8 Å². The summed E-state index contributed by atoms with van der Waals surface area (Å²) in [5.74, 6) is -1.83. The number of allylic oxidation sites excluding steroid dienone is 3. The molecule has 0 aromatic carbocycles. The minimum Gasteiger partial charge on any atom is -0.851 e. The van der Waals surface area contributed by atoms with Crippen molar-refractivity contribution in [1.29, 1.82) is 0 Å². The molecule has 0 amide bonds. The normalized spacial score (nSPS) is 39.0. The molecule has 0 radical (unpaired) electrons. The third-order valence-corrected chi connectivity index (χ3v) is 6.77. The number of carbonyl (C=O) groups is 2. The molecule has 2 aliphatic carbocycles. The van der Waals surface area contributed by atoms with Crippen molar-refractivity contribution >= 4 is 11.9 Å². The number of carbonyl (C=O) groups excluding carboxylic acids is 2. The van der Waals surface area contributed by atoms with Crippen LogP contribution in [0.25, 0.3) is 0 Å². The largest absolute Gasteiger partial charge is 1.00 e. The van der Waals surface area contributed by atoms with Crippen LogP contribution in [0.3, 0.4) is 0 Å². The van der Waals surface area contributed by atoms with E-state index in [1.54, 1.807) is 0 Å². The van der Waals surface area contributed by atoms with Gasteiger partial charge in [-0.15, -0.1) is 6.10 Å². The molecule has 0 bridgehead atoms. The first-order chi connectivity index (χ1) is 16.6. The average Bonchev–Trinajstić information content (AvgIpc) is 2.71. The molecule has 0 spiro atoms. The Kier molecular flexibility index (Phi) is 6.66. The number of hydrogen-bond acceptors (Lipinski definition) is 5. The predicted octanol–water partition coefficient (Wildman–Crippen LogP) is 0.958. The van der Waals surface area contributed by atoms with Crippen LogP contribution >= 0.6 is 0 Å². The smallest absolute Gasteiger partial charge is 0.851 e. The molecule has 1 fully saturated rings. The van der Waals surface area contributed by atoms with Crippen molar-refractivity contribution in [3.63, 3.8) is 0 Å². The quantitative estimate of drug-likeness (QED) is 0.449. The van der Waals surface area contributed by atoms with Gasteiger partial charge in [-0.3, -0.25) is 9.59 Å². The molecule has 0 N–H and O–H groups in total. The van der Waals surface area contributed by atoms with Crippen molar-refractivity contribution in [2.45, 2.75) is 91.3 Å². The molecule has 5 nitrogen and oxygen atoms in total. The maximum absolute atomic E-state index is 13.4. The van der Waals surface area contributed by atoms with Gasteiger partial charge in [-0.1, -0.05) is 39.0 Å². The van der Waals surface area contributed by atoms with Crippen molar-refractivity contribution in [1.82, 2.24) is 0 Å². The maximum Gasteiger partial charge on any atom is 1.00 e. The van der Waals surface area contributed by atoms with Gasteiger partial charge in [-0.2, -0.15) is 0 Å². The molecule has 0 aromatic rings. The topological polar surface area (TPSA) is 75.7 Å². The second-order valence-electron chi connectivity index (χ2n) is 9.24. The van der Waals surface area contributed by atoms with Gasteiger partial charge >= 0.3 is 41.5 Å². The van der Waals surface area contributed by atoms with E-state index < -0.39 is 55.8 Å². The monoisotopic (exact) mass is 446 g/mol. The predicted molar refractivity (Wildman–Crippen MR) is 113 cm³/mol. The summed E-state index contributed by atoms with van der Waals surface area (Å²) in [6.45, 7) is -0.734. The number of fused-ring (bicyclic) bond motifs is 1. The second-order valence-corrected chi connectivity index (χ2v) is 9.24. The average molecular weight is 447 g/mol. The number of esters is 2. The molecule has 6 heteroatoms. The Hall–Kier alpha value is -0.620. The molecule has 1 heterocycles. The number of hydrogen-bond donors (Lipinski definition) is 0. The van der Waals surface area contributed by atoms with Gasteiger partial charge in [-0.05, 0) is 69.1 Å². The minimum absolute atomic E-state index is 0. The van der Waals surface area contributed by atoms with Gasteiger partial charge in [0, 0.05) is 20.6 Å². The summed E-state index contributed by atoms with van der Waals surface area (Å²) < 4.78 is 58.8. The molecule has 3 rings (SSSR count). The summed E-state index contributed by atoms with van der Waals surface area (Å²) in [5.41, 5.74) is -1.64. The van der Waals surface area contributed by atoms with Crippen LogP contribution in [0.2, 0.25) is 0 Å². The van der Waals surface area contributed by atoms with Crippen molar-refractivity contribution in [2.24, 2.45) is 29.1 Å². The van der Waals surface area contributed by atoms with Gasteiger partial charge in [0.15, 0.2) is 0 Å². The third-order valence-electron chi connectivity index (χ3n) is 6.77. The molecule has 3 aliphatic rings. The van der Waals surface area contributed by atoms with E-state index in [0.717, 1.165) is 5.57 Å². The van der Waals surface area contributed by atoms with Crippen LogP contribution < -0.4 is 34.7 Å². The summed E-state index contributed by atoms with van der Waals surface area (Å²) in [6.07, 6.45) is 5.36. The van der Waals surface area contributed by atoms with Crippen LogP contribution in [0.1, 0.15) is 81.2 Å². The molecular weight excluding hydrogens is 403 g/mol. The Morgan fingerprint density at radius 2 is 2.06 bits per heavy atom. The summed E-state index contributed by atoms with van der Waals surface area (Å²) in [6, 6.07) is 0. The number of cyclic esters (lactones) is 1. The SMILES string of the molecule is [2H]C([2H])([2H])C(CC)(C(=O)O[C@H]1C[C@@H](C)C=C2C=C[C@H](C)[C@H](CC[C@@H]3C[C@@H]([O-])CC(=O)O3)[C@H]21)C([2H])([2H])[2H].[Na+]. The van der Waals surface area contributed by atoms with Crippen LogP contribution in [0.4, 0.5) is 0 Å². The zero-order valence-electron chi connectivity index (χ0n) is 25.1. The standard InChI is InChI=1S/C25H37O5.Na/c1-6-25(4,5)24(28)30-21-12-15(2)11-17-8-7-16(3)20(23(17)21)10-9-19-13-18(26)14-22(27)29-19;/h7-8,11,15-16,18-21,23H,6,9-10,12-14H2,1-5H3;/q-1;+1/t15-,16-,18+,19+,20-,21-,23-;/m0./s1/i4D3,5D3;. The number of ether oxygens (including phenoxy) is 2. The molecule has 1 aliphatic heterocycles. The minimum atomic E-state index is -3.07. The third kappa shape index (κ3) is 6.46. The second kappa shape index (κ2) is 11.0. The summed E-state index contributed by atoms with van der Waals surface area (Å²) in [4.78, 5) is 25.2. The molecule has 7 atom stereocenters. The van der Waals surface area contributed by atoms with E-state index in [-0.39, 0.29) is 66.1 Å². The Morgan fingerprint density at radius 3 is 2.71 bits per heavy atom.